The van der Waals surface area contributed by atoms with E-state index in [1.807, 2.05) is 0 Å². The van der Waals surface area contributed by atoms with Crippen molar-refractivity contribution in [2.24, 2.45) is 0 Å². The van der Waals surface area contributed by atoms with E-state index < -0.39 is 12.1 Å². The largest absolute Gasteiger partial charge is 0.466 e. The van der Waals surface area contributed by atoms with Crippen LogP contribution in [0.25, 0.3) is 0 Å². The molecule has 0 aliphatic heterocycles. The van der Waals surface area contributed by atoms with Crippen LogP contribution in [-0.4, -0.2) is 47.4 Å². The quantitative estimate of drug-likeness (QED) is 0.0325. The first-order valence-corrected chi connectivity index (χ1v) is 24.1. The van der Waals surface area contributed by atoms with E-state index in [1.165, 1.54) is 161 Å². The number of amides is 1. The molecule has 3 N–H and O–H groups in total. The van der Waals surface area contributed by atoms with Crippen LogP contribution in [-0.2, 0) is 14.3 Å². The van der Waals surface area contributed by atoms with Crippen LogP contribution in [0.2, 0.25) is 0 Å². The Morgan fingerprint density at radius 1 is 0.491 bits per heavy atom. The molecule has 1 amide bonds. The summed E-state index contributed by atoms with van der Waals surface area (Å²) >= 11 is 0. The molecule has 0 fully saturated rings. The second-order valence-electron chi connectivity index (χ2n) is 16.4. The maximum atomic E-state index is 12.4. The first-order valence-electron chi connectivity index (χ1n) is 24.1. The Morgan fingerprint density at radius 2 is 0.855 bits per heavy atom. The van der Waals surface area contributed by atoms with E-state index >= 15 is 0 Å². The number of ether oxygens (including phenoxy) is 1. The molecule has 0 spiro atoms. The van der Waals surface area contributed by atoms with Gasteiger partial charge in [0.05, 0.1) is 25.4 Å². The predicted octanol–water partition coefficient (Wildman–Crippen LogP) is 14.0. The summed E-state index contributed by atoms with van der Waals surface area (Å²) in [6.45, 7) is 4.87. The Hall–Kier alpha value is -1.66. The third kappa shape index (κ3) is 41.8. The highest BCUT2D eigenvalue weighted by Crippen LogP contribution is 2.15. The molecule has 55 heavy (non-hydrogen) atoms. The van der Waals surface area contributed by atoms with Crippen LogP contribution < -0.4 is 5.32 Å². The van der Waals surface area contributed by atoms with Crippen molar-refractivity contribution in [3.63, 3.8) is 0 Å². The van der Waals surface area contributed by atoms with Gasteiger partial charge in [0.25, 0.3) is 0 Å². The summed E-state index contributed by atoms with van der Waals surface area (Å²) in [4.78, 5) is 24.3. The minimum Gasteiger partial charge on any atom is -0.466 e. The number of hydrogen-bond acceptors (Lipinski definition) is 5. The number of allylic oxidation sites excluding steroid dienone is 4. The zero-order valence-corrected chi connectivity index (χ0v) is 36.7. The standard InChI is InChI=1S/C49H93NO5/c1-3-5-7-9-11-13-14-23-27-31-35-39-43-49(54)55-44-40-36-32-28-24-21-19-17-15-16-18-20-22-26-30-34-38-42-48(53)50-46(45-51)47(52)41-37-33-29-25-12-10-8-6-4-2/h11,13,15,17,46-47,51-52H,3-10,12,14,16,18-45H2,1-2H3,(H,50,53)/b13-11-,17-15-. The van der Waals surface area contributed by atoms with Crippen LogP contribution in [0.4, 0.5) is 0 Å². The molecule has 0 rings (SSSR count). The first-order chi connectivity index (χ1) is 27.0. The molecule has 0 aliphatic carbocycles. The van der Waals surface area contributed by atoms with Crippen molar-refractivity contribution in [1.29, 1.82) is 0 Å². The van der Waals surface area contributed by atoms with Crippen LogP contribution in [0, 0.1) is 0 Å². The molecule has 0 bridgehead atoms. The number of hydrogen-bond donors (Lipinski definition) is 3. The number of carbonyl (C=O) groups excluding carboxylic acids is 2. The molecule has 0 aromatic rings. The van der Waals surface area contributed by atoms with E-state index in [0.29, 0.717) is 25.9 Å². The number of aliphatic hydroxyl groups excluding tert-OH is 2. The Morgan fingerprint density at radius 3 is 1.33 bits per heavy atom. The molecule has 6 heteroatoms. The Bertz CT molecular complexity index is 858. The van der Waals surface area contributed by atoms with Gasteiger partial charge >= 0.3 is 5.97 Å². The molecule has 0 aliphatic rings. The fourth-order valence-electron chi connectivity index (χ4n) is 7.21. The van der Waals surface area contributed by atoms with Crippen molar-refractivity contribution in [3.05, 3.63) is 24.3 Å². The maximum absolute atomic E-state index is 12.4. The number of unbranched alkanes of at least 4 members (excludes halogenated alkanes) is 29. The lowest BCUT2D eigenvalue weighted by molar-refractivity contribution is -0.143. The van der Waals surface area contributed by atoms with Gasteiger partial charge < -0.3 is 20.3 Å². The summed E-state index contributed by atoms with van der Waals surface area (Å²) in [5.74, 6) is -0.0633. The van der Waals surface area contributed by atoms with Crippen LogP contribution >= 0.6 is 0 Å². The van der Waals surface area contributed by atoms with Crippen LogP contribution in [0.1, 0.15) is 251 Å². The van der Waals surface area contributed by atoms with E-state index in [0.717, 1.165) is 57.8 Å². The molecule has 0 aromatic heterocycles. The predicted molar refractivity (Wildman–Crippen MR) is 236 cm³/mol. The van der Waals surface area contributed by atoms with Crippen LogP contribution in [0.15, 0.2) is 24.3 Å². The molecule has 0 aromatic carbocycles. The average Bonchev–Trinajstić information content (AvgIpc) is 3.18. The molecular formula is C49H93NO5. The van der Waals surface area contributed by atoms with E-state index in [9.17, 15) is 19.8 Å². The van der Waals surface area contributed by atoms with E-state index in [4.69, 9.17) is 4.74 Å². The minimum atomic E-state index is -0.669. The zero-order valence-electron chi connectivity index (χ0n) is 36.7. The SMILES string of the molecule is CCCCC/C=C\CCCCCCCC(=O)OCCCCCCCC/C=C\CCCCCCCCCC(=O)NC(CO)C(O)CCCCCCCCCCC. The molecule has 0 radical (unpaired) electrons. The minimum absolute atomic E-state index is 0.0127. The molecule has 6 nitrogen and oxygen atoms in total. The molecular weight excluding hydrogens is 683 g/mol. The third-order valence-electron chi connectivity index (χ3n) is 11.0. The highest BCUT2D eigenvalue weighted by molar-refractivity contribution is 5.76. The Balaban J connectivity index is 3.45. The van der Waals surface area contributed by atoms with Gasteiger partial charge in [-0.3, -0.25) is 9.59 Å². The lowest BCUT2D eigenvalue weighted by Gasteiger charge is -2.22. The zero-order chi connectivity index (χ0) is 40.1. The normalized spacial score (nSPS) is 12.9. The van der Waals surface area contributed by atoms with Gasteiger partial charge in [0.2, 0.25) is 5.91 Å². The smallest absolute Gasteiger partial charge is 0.305 e. The van der Waals surface area contributed by atoms with Crippen molar-refractivity contribution < 1.29 is 24.5 Å². The summed E-state index contributed by atoms with van der Waals surface area (Å²) in [6, 6.07) is -0.548. The number of esters is 1. The van der Waals surface area contributed by atoms with Gasteiger partial charge in [-0.2, -0.15) is 0 Å². The molecule has 324 valence electrons. The summed E-state index contributed by atoms with van der Waals surface area (Å²) < 4.78 is 5.44. The van der Waals surface area contributed by atoms with Gasteiger partial charge in [-0.25, -0.2) is 0 Å². The van der Waals surface area contributed by atoms with Gasteiger partial charge in [0.1, 0.15) is 0 Å². The second-order valence-corrected chi connectivity index (χ2v) is 16.4. The van der Waals surface area contributed by atoms with E-state index in [2.05, 4.69) is 43.5 Å². The van der Waals surface area contributed by atoms with E-state index in [1.54, 1.807) is 0 Å². The van der Waals surface area contributed by atoms with Crippen molar-refractivity contribution in [2.75, 3.05) is 13.2 Å². The van der Waals surface area contributed by atoms with Gasteiger partial charge in [-0.05, 0) is 77.0 Å². The molecule has 0 heterocycles. The van der Waals surface area contributed by atoms with Crippen molar-refractivity contribution >= 4 is 11.9 Å². The number of rotatable bonds is 44. The number of nitrogens with one attached hydrogen (secondary N) is 1. The summed E-state index contributed by atoms with van der Waals surface area (Å²) in [7, 11) is 0. The Kier molecular flexibility index (Phi) is 43.7. The second kappa shape index (κ2) is 45.0. The molecule has 0 saturated heterocycles. The number of aliphatic hydroxyl groups is 2. The van der Waals surface area contributed by atoms with Crippen molar-refractivity contribution in [2.45, 2.75) is 264 Å². The summed E-state index contributed by atoms with van der Waals surface area (Å²) in [5, 5.41) is 23.0. The van der Waals surface area contributed by atoms with Crippen molar-refractivity contribution in [3.8, 4) is 0 Å². The lowest BCUT2D eigenvalue weighted by Crippen LogP contribution is -2.45. The maximum Gasteiger partial charge on any atom is 0.305 e. The topological polar surface area (TPSA) is 95.9 Å². The average molecular weight is 776 g/mol. The molecule has 2 unspecified atom stereocenters. The van der Waals surface area contributed by atoms with Gasteiger partial charge in [-0.15, -0.1) is 0 Å². The molecule has 0 saturated carbocycles. The molecule has 2 atom stereocenters. The Labute approximate surface area is 341 Å². The highest BCUT2D eigenvalue weighted by Gasteiger charge is 2.20. The van der Waals surface area contributed by atoms with Gasteiger partial charge in [0, 0.05) is 12.8 Å². The fourth-order valence-corrected chi connectivity index (χ4v) is 7.21. The third-order valence-corrected chi connectivity index (χ3v) is 11.0. The van der Waals surface area contributed by atoms with Crippen LogP contribution in [0.3, 0.4) is 0 Å². The number of carbonyl (C=O) groups is 2. The monoisotopic (exact) mass is 776 g/mol. The summed E-state index contributed by atoms with van der Waals surface area (Å²) in [6.07, 6.45) is 51.4. The fraction of sp³-hybridized carbons (Fsp3) is 0.878. The highest BCUT2D eigenvalue weighted by atomic mass is 16.5. The van der Waals surface area contributed by atoms with Crippen LogP contribution in [0.5, 0.6) is 0 Å². The van der Waals surface area contributed by atoms with Crippen molar-refractivity contribution in [1.82, 2.24) is 5.32 Å². The van der Waals surface area contributed by atoms with Gasteiger partial charge in [0.15, 0.2) is 0 Å². The van der Waals surface area contributed by atoms with E-state index in [-0.39, 0.29) is 18.5 Å². The summed E-state index contributed by atoms with van der Waals surface area (Å²) in [5.41, 5.74) is 0. The lowest BCUT2D eigenvalue weighted by atomic mass is 10.0. The first kappa shape index (κ1) is 53.3. The van der Waals surface area contributed by atoms with Gasteiger partial charge in [-0.1, -0.05) is 186 Å².